The molecule has 25 heteroatoms. The summed E-state index contributed by atoms with van der Waals surface area (Å²) in [4.78, 5) is 59.9. The molecule has 0 radical (unpaired) electrons. The zero-order chi connectivity index (χ0) is 56.9. The number of carboxylic acids is 2. The van der Waals surface area contributed by atoms with E-state index in [2.05, 4.69) is 33.9 Å². The molecule has 4 saturated carbocycles. The number of sulfonamides is 3. The van der Waals surface area contributed by atoms with Crippen LogP contribution in [-0.2, 0) is 58.7 Å². The van der Waals surface area contributed by atoms with Crippen LogP contribution in [0.3, 0.4) is 0 Å². The number of benzene rings is 3. The van der Waals surface area contributed by atoms with E-state index in [9.17, 15) is 54.6 Å². The third-order valence-corrected chi connectivity index (χ3v) is 19.9. The topological polar surface area (TPSA) is 329 Å². The molecule has 0 unspecified atom stereocenters. The van der Waals surface area contributed by atoms with Crippen molar-refractivity contribution in [2.45, 2.75) is 167 Å². The lowest BCUT2D eigenvalue weighted by atomic mass is 9.84. The molecular formula is C55H74ClN7O14S3. The second kappa shape index (κ2) is 28.6. The van der Waals surface area contributed by atoms with Crippen LogP contribution < -0.4 is 19.9 Å². The van der Waals surface area contributed by atoms with Crippen molar-refractivity contribution < 1.29 is 64.1 Å². The maximum atomic E-state index is 12.2. The van der Waals surface area contributed by atoms with Crippen LogP contribution in [-0.4, -0.2) is 115 Å². The fourth-order valence-corrected chi connectivity index (χ4v) is 15.2. The number of rotatable bonds is 11. The highest BCUT2D eigenvalue weighted by Crippen LogP contribution is 2.34. The van der Waals surface area contributed by atoms with Gasteiger partial charge in [0.25, 0.3) is 30.1 Å². The van der Waals surface area contributed by atoms with Gasteiger partial charge in [-0.2, -0.15) is 0 Å². The van der Waals surface area contributed by atoms with Crippen molar-refractivity contribution in [3.63, 3.8) is 0 Å². The van der Waals surface area contributed by atoms with Gasteiger partial charge in [0.05, 0.1) is 28.9 Å². The number of hydrogen-bond acceptors (Lipinski definition) is 16. The number of ether oxygens (including phenoxy) is 2. The number of halogens is 1. The summed E-state index contributed by atoms with van der Waals surface area (Å²) in [7, 11) is -8.13. The van der Waals surface area contributed by atoms with Crippen LogP contribution in [0, 0.1) is 23.7 Å². The summed E-state index contributed by atoms with van der Waals surface area (Å²) in [5.74, 6) is -1.75. The number of hydrogen-bond donors (Lipinski definition) is 6. The first-order valence-corrected chi connectivity index (χ1v) is 31.7. The molecule has 7 N–H and O–H groups in total. The molecule has 3 aromatic rings. The lowest BCUT2D eigenvalue weighted by molar-refractivity contribution is -0.144. The van der Waals surface area contributed by atoms with E-state index in [1.165, 1.54) is 51.7 Å². The summed E-state index contributed by atoms with van der Waals surface area (Å²) in [6.45, 7) is 0. The molecule has 4 fully saturated rings. The van der Waals surface area contributed by atoms with E-state index < -0.39 is 72.1 Å². The maximum Gasteiger partial charge on any atom is 0.330 e. The Bertz CT molecular complexity index is 2990. The Morgan fingerprint density at radius 1 is 0.450 bits per heavy atom. The predicted molar refractivity (Wildman–Crippen MR) is 302 cm³/mol. The smallest absolute Gasteiger partial charge is 0.330 e. The molecule has 4 atom stereocenters. The highest BCUT2D eigenvalue weighted by Gasteiger charge is 2.38. The van der Waals surface area contributed by atoms with Crippen molar-refractivity contribution in [1.82, 2.24) is 14.2 Å². The minimum atomic E-state index is -3.63. The van der Waals surface area contributed by atoms with Crippen LogP contribution in [0.1, 0.15) is 145 Å². The van der Waals surface area contributed by atoms with E-state index in [4.69, 9.17) is 10.5 Å². The van der Waals surface area contributed by atoms with E-state index in [-0.39, 0.29) is 68.3 Å². The van der Waals surface area contributed by atoms with Crippen molar-refractivity contribution in [2.75, 3.05) is 14.2 Å². The van der Waals surface area contributed by atoms with Crippen LogP contribution >= 0.6 is 12.4 Å². The number of carbonyl (C=O) groups excluding carboxylic acids is 2. The largest absolute Gasteiger partial charge is 0.480 e. The van der Waals surface area contributed by atoms with E-state index in [0.717, 1.165) is 109 Å². The summed E-state index contributed by atoms with van der Waals surface area (Å²) < 4.78 is 89.2. The molecule has 438 valence electrons. The average Bonchev–Trinajstić information content (AvgIpc) is 4.05. The van der Waals surface area contributed by atoms with Crippen LogP contribution in [0.15, 0.2) is 102 Å². The number of amidine groups is 3. The molecule has 0 aromatic heterocycles. The van der Waals surface area contributed by atoms with E-state index in [0.29, 0.717) is 22.6 Å². The van der Waals surface area contributed by atoms with E-state index >= 15 is 0 Å². The van der Waals surface area contributed by atoms with Gasteiger partial charge in [0.15, 0.2) is 18.1 Å². The highest BCUT2D eigenvalue weighted by atomic mass is 35.5. The van der Waals surface area contributed by atoms with Gasteiger partial charge in [-0.3, -0.25) is 33.9 Å². The standard InChI is InChI=1S/C16H20N2O4S.2C15H18N2O4S.C9H17NO2.ClH/c1-22-16(19)14(11-7-3-2-4-8-11)17-15-12-9-5-6-10-13(12)23(20,21)18-15;2*18-15(19)13(10-6-2-1-3-7-10)16-14-11-8-4-5-9-12(11)22(20,21)17-14;1-12-9(11)8(10)7-5-3-2-4-6-7;/h5-6,9-11,14H,2-4,7-8H2,1H3,(H,17,18);2*4-5,8-10,13H,1-3,6-7H2,(H,16,17)(H,18,19);7-8H,2-6,10H2,1H3;1H/t14-;2*13-;8-;/m0000./s1. The number of fused-ring (bicyclic) bond motifs is 3. The molecule has 3 heterocycles. The number of nitrogens with two attached hydrogens (primary N) is 1. The Balaban J connectivity index is 0.000000175. The molecule has 4 aliphatic carbocycles. The minimum Gasteiger partial charge on any atom is -0.480 e. The number of carboxylic acid groups (broad SMARTS) is 2. The Kier molecular flexibility index (Phi) is 22.6. The molecule has 0 amide bonds. The first-order valence-electron chi connectivity index (χ1n) is 27.2. The summed E-state index contributed by atoms with van der Waals surface area (Å²) in [6.07, 6.45) is 20.5. The molecule has 80 heavy (non-hydrogen) atoms. The summed E-state index contributed by atoms with van der Waals surface area (Å²) in [5.41, 5.74) is 7.14. The Hall–Kier alpha value is -5.95. The van der Waals surface area contributed by atoms with Gasteiger partial charge in [-0.25, -0.2) is 39.6 Å². The third kappa shape index (κ3) is 15.7. The Morgan fingerprint density at radius 3 is 1.00 bits per heavy atom. The molecule has 7 aliphatic rings. The molecule has 21 nitrogen and oxygen atoms in total. The monoisotopic (exact) mass is 1190 g/mol. The molecule has 0 saturated heterocycles. The number of carbonyl (C=O) groups is 4. The lowest BCUT2D eigenvalue weighted by Gasteiger charge is -2.26. The van der Waals surface area contributed by atoms with Gasteiger partial charge in [0.1, 0.15) is 23.5 Å². The number of nitrogens with one attached hydrogen (secondary N) is 3. The van der Waals surface area contributed by atoms with Crippen LogP contribution in [0.25, 0.3) is 0 Å². The Morgan fingerprint density at radius 2 is 0.713 bits per heavy atom. The SMILES string of the molecule is COC(=O)[C@@H](N)C1CCCCC1.COC(=O)[C@@H](N=C1NS(=O)(=O)c2ccccc21)C1CCCCC1.Cl.O=C(O)[C@@H](N=C1NS(=O)(=O)c2ccccc21)C1CCCCC1.O=C(O)[C@@H](N=C1NS(=O)(=O)c2ccccc21)C1CCCCC1. The second-order valence-electron chi connectivity index (χ2n) is 20.9. The van der Waals surface area contributed by atoms with Crippen molar-refractivity contribution in [1.29, 1.82) is 0 Å². The van der Waals surface area contributed by atoms with E-state index in [1.807, 2.05) is 0 Å². The first kappa shape index (κ1) is 63.2. The Labute approximate surface area is 475 Å². The van der Waals surface area contributed by atoms with Crippen LogP contribution in [0.5, 0.6) is 0 Å². The van der Waals surface area contributed by atoms with Crippen molar-refractivity contribution in [3.05, 3.63) is 89.5 Å². The van der Waals surface area contributed by atoms with Gasteiger partial charge in [-0.1, -0.05) is 113 Å². The average molecular weight is 1190 g/mol. The van der Waals surface area contributed by atoms with Crippen molar-refractivity contribution >= 4 is 83.9 Å². The minimum absolute atomic E-state index is 0. The quantitative estimate of drug-likeness (QED) is 0.107. The van der Waals surface area contributed by atoms with Crippen molar-refractivity contribution in [3.8, 4) is 0 Å². The third-order valence-electron chi connectivity index (χ3n) is 15.7. The van der Waals surface area contributed by atoms with Gasteiger partial charge in [-0.05, 0) is 111 Å². The normalized spacial score (nSPS) is 23.0. The van der Waals surface area contributed by atoms with Gasteiger partial charge in [0, 0.05) is 16.7 Å². The zero-order valence-electron chi connectivity index (χ0n) is 45.0. The zero-order valence-corrected chi connectivity index (χ0v) is 48.3. The lowest BCUT2D eigenvalue weighted by Crippen LogP contribution is -2.39. The molecule has 0 spiro atoms. The van der Waals surface area contributed by atoms with E-state index in [1.54, 1.807) is 54.6 Å². The van der Waals surface area contributed by atoms with Gasteiger partial charge < -0.3 is 25.4 Å². The number of methoxy groups -OCH3 is 2. The highest BCUT2D eigenvalue weighted by molar-refractivity contribution is 7.91. The number of aliphatic imine (C=N–C) groups is 3. The van der Waals surface area contributed by atoms with Crippen LogP contribution in [0.2, 0.25) is 0 Å². The fraction of sp³-hybridized carbons (Fsp3) is 0.545. The van der Waals surface area contributed by atoms with Crippen LogP contribution in [0.4, 0.5) is 0 Å². The molecule has 3 aromatic carbocycles. The predicted octanol–water partition coefficient (Wildman–Crippen LogP) is 6.85. The summed E-state index contributed by atoms with van der Waals surface area (Å²) in [6, 6.07) is 16.8. The second-order valence-corrected chi connectivity index (χ2v) is 25.9. The van der Waals surface area contributed by atoms with Gasteiger partial charge in [0.2, 0.25) is 0 Å². The first-order chi connectivity index (χ1) is 37.8. The molecule has 0 bridgehead atoms. The maximum absolute atomic E-state index is 12.2. The summed E-state index contributed by atoms with van der Waals surface area (Å²) >= 11 is 0. The fourth-order valence-electron chi connectivity index (χ4n) is 11.5. The number of esters is 2. The molecule has 3 aliphatic heterocycles. The summed E-state index contributed by atoms with van der Waals surface area (Å²) in [5, 5.41) is 19.0. The molecule has 10 rings (SSSR count). The van der Waals surface area contributed by atoms with Crippen molar-refractivity contribution in [2.24, 2.45) is 44.4 Å². The number of nitrogens with zero attached hydrogens (tertiary/aromatic N) is 3. The molecular weight excluding hydrogens is 1110 g/mol. The van der Waals surface area contributed by atoms with Gasteiger partial charge in [-0.15, -0.1) is 12.4 Å². The van der Waals surface area contributed by atoms with Gasteiger partial charge >= 0.3 is 23.9 Å². The number of aliphatic carboxylic acids is 2.